The van der Waals surface area contributed by atoms with Crippen LogP contribution in [-0.4, -0.2) is 61.2 Å². The highest BCUT2D eigenvalue weighted by molar-refractivity contribution is 6.00. The number of nitrogens with one attached hydrogen (secondary N) is 1. The van der Waals surface area contributed by atoms with Gasteiger partial charge < -0.3 is 24.6 Å². The number of carbonyl (C=O) groups excluding carboxylic acids is 1. The molecule has 5 aliphatic carbocycles. The molecular weight excluding hydrogens is 730 g/mol. The molecule has 2 N–H and O–H groups in total. The van der Waals surface area contributed by atoms with Crippen molar-refractivity contribution < 1.29 is 37.0 Å². The molecule has 56 heavy (non-hydrogen) atoms. The highest BCUT2D eigenvalue weighted by atomic mass is 19.4. The first kappa shape index (κ1) is 36.4. The van der Waals surface area contributed by atoms with E-state index in [1.165, 1.54) is 6.07 Å². The Kier molecular flexibility index (Phi) is 8.93. The second kappa shape index (κ2) is 13.7. The molecule has 3 aromatic heterocycles. The van der Waals surface area contributed by atoms with Crippen molar-refractivity contribution in [3.05, 3.63) is 66.0 Å². The molecular formula is C41H41F4N7O4. The second-order valence-electron chi connectivity index (χ2n) is 16.5. The van der Waals surface area contributed by atoms with E-state index < -0.39 is 40.7 Å². The Morgan fingerprint density at radius 2 is 1.68 bits per heavy atom. The summed E-state index contributed by atoms with van der Waals surface area (Å²) < 4.78 is 66.3. The number of ether oxygens (including phenoxy) is 1. The van der Waals surface area contributed by atoms with Crippen LogP contribution >= 0.6 is 0 Å². The van der Waals surface area contributed by atoms with Crippen LogP contribution in [0.3, 0.4) is 0 Å². The fourth-order valence-corrected chi connectivity index (χ4v) is 10.5. The largest absolute Gasteiger partial charge is 0.490 e. The third-order valence-electron chi connectivity index (χ3n) is 13.2. The quantitative estimate of drug-likeness (QED) is 0.173. The zero-order valence-corrected chi connectivity index (χ0v) is 30.5. The Morgan fingerprint density at radius 1 is 0.946 bits per heavy atom. The van der Waals surface area contributed by atoms with Crippen LogP contribution in [-0.2, 0) is 11.0 Å². The predicted octanol–water partition coefficient (Wildman–Crippen LogP) is 7.57. The minimum absolute atomic E-state index is 0.0113. The second-order valence-corrected chi connectivity index (χ2v) is 16.5. The summed E-state index contributed by atoms with van der Waals surface area (Å²) in [5, 5.41) is 23.4. The Morgan fingerprint density at radius 3 is 2.39 bits per heavy atom. The molecule has 15 heteroatoms. The lowest BCUT2D eigenvalue weighted by Gasteiger charge is -2.50. The van der Waals surface area contributed by atoms with E-state index in [-0.39, 0.29) is 35.6 Å². The molecule has 1 aliphatic heterocycles. The van der Waals surface area contributed by atoms with Gasteiger partial charge in [-0.2, -0.15) is 18.4 Å². The van der Waals surface area contributed by atoms with E-state index in [9.17, 15) is 37.5 Å². The molecule has 292 valence electrons. The molecule has 5 saturated carbocycles. The van der Waals surface area contributed by atoms with E-state index in [0.29, 0.717) is 98.9 Å². The third kappa shape index (κ3) is 6.30. The van der Waals surface area contributed by atoms with Gasteiger partial charge in [-0.1, -0.05) is 6.42 Å². The van der Waals surface area contributed by atoms with Crippen LogP contribution < -0.4 is 15.0 Å². The summed E-state index contributed by atoms with van der Waals surface area (Å²) >= 11 is 0. The summed E-state index contributed by atoms with van der Waals surface area (Å²) in [6, 6.07) is 10.2. The number of hydrogen-bond acceptors (Lipinski definition) is 8. The first-order valence-corrected chi connectivity index (χ1v) is 19.5. The van der Waals surface area contributed by atoms with Crippen LogP contribution in [0.25, 0.3) is 22.2 Å². The van der Waals surface area contributed by atoms with Crippen molar-refractivity contribution in [3.63, 3.8) is 0 Å². The monoisotopic (exact) mass is 771 g/mol. The Hall–Kier alpha value is -5.26. The number of halogens is 4. The van der Waals surface area contributed by atoms with Crippen LogP contribution in [0.1, 0.15) is 86.3 Å². The van der Waals surface area contributed by atoms with Crippen molar-refractivity contribution >= 4 is 28.7 Å². The molecule has 5 unspecified atom stereocenters. The number of hydrogen-bond donors (Lipinski definition) is 2. The number of fused-ring (bicyclic) bond motifs is 2. The smallest absolute Gasteiger partial charge is 0.434 e. The van der Waals surface area contributed by atoms with E-state index in [1.54, 1.807) is 18.3 Å². The average Bonchev–Trinajstić information content (AvgIpc) is 3.40. The number of alkyl halides is 3. The molecule has 4 bridgehead atoms. The van der Waals surface area contributed by atoms with E-state index in [2.05, 4.69) is 26.3 Å². The number of carbonyl (C=O) groups is 2. The van der Waals surface area contributed by atoms with Gasteiger partial charge in [-0.15, -0.1) is 0 Å². The lowest BCUT2D eigenvalue weighted by molar-refractivity contribution is -0.154. The van der Waals surface area contributed by atoms with Crippen LogP contribution in [0.5, 0.6) is 5.75 Å². The highest BCUT2D eigenvalue weighted by Gasteiger charge is 2.60. The van der Waals surface area contributed by atoms with Gasteiger partial charge in [0.25, 0.3) is 5.91 Å². The molecule has 0 spiro atoms. The zero-order valence-electron chi connectivity index (χ0n) is 30.5. The number of pyridine rings is 1. The highest BCUT2D eigenvalue weighted by Crippen LogP contribution is 2.56. The summed E-state index contributed by atoms with van der Waals surface area (Å²) in [5.74, 6) is -1.81. The van der Waals surface area contributed by atoms with E-state index >= 15 is 0 Å². The number of aromatic nitrogens is 4. The zero-order chi connectivity index (χ0) is 38.9. The van der Waals surface area contributed by atoms with Crippen molar-refractivity contribution in [3.8, 4) is 23.1 Å². The molecule has 6 aliphatic rings. The van der Waals surface area contributed by atoms with Crippen LogP contribution in [0.15, 0.2) is 48.9 Å². The van der Waals surface area contributed by atoms with Crippen molar-refractivity contribution in [1.82, 2.24) is 24.8 Å². The van der Waals surface area contributed by atoms with Gasteiger partial charge in [-0.3, -0.25) is 4.79 Å². The normalized spacial score (nSPS) is 28.7. The van der Waals surface area contributed by atoms with Gasteiger partial charge >= 0.3 is 12.1 Å². The molecule has 1 saturated heterocycles. The van der Waals surface area contributed by atoms with Crippen LogP contribution in [0.4, 0.5) is 23.5 Å². The van der Waals surface area contributed by atoms with E-state index in [0.717, 1.165) is 36.8 Å². The van der Waals surface area contributed by atoms with Crippen molar-refractivity contribution in [1.29, 1.82) is 5.26 Å². The number of rotatable bonds is 8. The molecule has 4 heterocycles. The summed E-state index contributed by atoms with van der Waals surface area (Å²) in [6.07, 6.45) is 5.84. The first-order chi connectivity index (χ1) is 26.9. The molecule has 11 nitrogen and oxygen atoms in total. The molecule has 4 aromatic rings. The lowest BCUT2D eigenvalue weighted by atomic mass is 9.58. The summed E-state index contributed by atoms with van der Waals surface area (Å²) in [7, 11) is 0. The maximum atomic E-state index is 14.9. The minimum atomic E-state index is -5.01. The molecule has 5 atom stereocenters. The predicted molar refractivity (Wildman–Crippen MR) is 195 cm³/mol. The average molecular weight is 772 g/mol. The fourth-order valence-electron chi connectivity index (χ4n) is 10.5. The van der Waals surface area contributed by atoms with E-state index in [4.69, 9.17) is 4.74 Å². The summed E-state index contributed by atoms with van der Waals surface area (Å²) in [5.41, 5.74) is -2.55. The maximum absolute atomic E-state index is 14.9. The summed E-state index contributed by atoms with van der Waals surface area (Å²) in [4.78, 5) is 41.1. The van der Waals surface area contributed by atoms with Crippen LogP contribution in [0.2, 0.25) is 0 Å². The maximum Gasteiger partial charge on any atom is 0.434 e. The van der Waals surface area contributed by atoms with Crippen molar-refractivity contribution in [2.24, 2.45) is 29.6 Å². The number of nitriles is 1. The van der Waals surface area contributed by atoms with Gasteiger partial charge in [0, 0.05) is 55.2 Å². The Balaban J connectivity index is 1.01. The fraction of sp³-hybridized carbons (Fsp3) is 0.512. The van der Waals surface area contributed by atoms with Crippen molar-refractivity contribution in [2.75, 3.05) is 18.0 Å². The number of carboxylic acids is 1. The minimum Gasteiger partial charge on any atom is -0.490 e. The standard InChI is InChI=1S/C41H41F4N7O4/c42-27-19-47-39(48-20-27)51-9-7-29(8-10-51)56-30-3-4-31-33(21-52(35(31)17-30)28-15-24(16-28)18-46)34-6-5-32(36(49-34)41(43,44)45)37(53)50-40(38(54)55)25-2-1-22-11-23(13-25)14-26(40)12-22/h3-6,17,19-26,28-29H,1-2,7-16H2,(H,50,53)(H,54,55). The molecule has 6 fully saturated rings. The molecule has 10 rings (SSSR count). The topological polar surface area (TPSA) is 146 Å². The molecule has 1 amide bonds. The number of benzene rings is 1. The first-order valence-electron chi connectivity index (χ1n) is 19.5. The number of piperidine rings is 1. The van der Waals surface area contributed by atoms with Gasteiger partial charge in [-0.05, 0) is 92.9 Å². The number of anilines is 1. The number of amides is 1. The number of carboxylic acid groups (broad SMARTS) is 1. The number of aliphatic carboxylic acids is 1. The Bertz CT molecular complexity index is 2220. The number of nitrogens with zero attached hydrogens (tertiary/aromatic N) is 6. The lowest BCUT2D eigenvalue weighted by Crippen LogP contribution is -2.66. The van der Waals surface area contributed by atoms with Gasteiger partial charge in [-0.25, -0.2) is 24.1 Å². The van der Waals surface area contributed by atoms with E-state index in [1.807, 2.05) is 15.5 Å². The van der Waals surface area contributed by atoms with Gasteiger partial charge in [0.15, 0.2) is 11.5 Å². The molecule has 1 aromatic carbocycles. The molecule has 0 radical (unpaired) electrons. The summed E-state index contributed by atoms with van der Waals surface area (Å²) in [6.45, 7) is 1.22. The van der Waals surface area contributed by atoms with Gasteiger partial charge in [0.2, 0.25) is 5.95 Å². The Labute approximate surface area is 320 Å². The van der Waals surface area contributed by atoms with Gasteiger partial charge in [0.1, 0.15) is 17.4 Å². The third-order valence-corrected chi connectivity index (χ3v) is 13.2. The van der Waals surface area contributed by atoms with Crippen molar-refractivity contribution in [2.45, 2.75) is 88.1 Å². The van der Waals surface area contributed by atoms with Gasteiger partial charge in [0.05, 0.1) is 41.2 Å². The van der Waals surface area contributed by atoms with Crippen LogP contribution in [0, 0.1) is 46.7 Å². The SMILES string of the molecule is N#CC1CC(n2cc(-c3ccc(C(=O)NC4(C(=O)O)C5CCC6CC(C5)CC4C6)c(C(F)(F)F)n3)c3ccc(OC4CCN(c5ncc(F)cn5)CC4)cc32)C1.